The number of carbonyl (C=O) groups is 1. The average molecular weight is 320 g/mol. The van der Waals surface area contributed by atoms with E-state index in [1.165, 1.54) is 12.1 Å². The lowest BCUT2D eigenvalue weighted by molar-refractivity contribution is 0.0697. The second-order valence-electron chi connectivity index (χ2n) is 4.41. The van der Waals surface area contributed by atoms with Crippen molar-refractivity contribution in [2.24, 2.45) is 0 Å². The standard InChI is InChI=1S/C13H18ClNO4S/c1-2-3-4-5-8-15-20(18,19)10-6-7-12(14)11(9-10)13(16)17/h6-7,9,15H,2-5,8H2,1H3,(H,16,17). The maximum atomic E-state index is 12.0. The molecule has 112 valence electrons. The minimum atomic E-state index is -3.69. The van der Waals surface area contributed by atoms with Crippen LogP contribution in [-0.2, 0) is 10.0 Å². The quantitative estimate of drug-likeness (QED) is 0.722. The van der Waals surface area contributed by atoms with E-state index in [2.05, 4.69) is 11.6 Å². The number of halogens is 1. The number of hydrogen-bond acceptors (Lipinski definition) is 3. The lowest BCUT2D eigenvalue weighted by Gasteiger charge is -2.08. The van der Waals surface area contributed by atoms with Crippen LogP contribution >= 0.6 is 11.6 Å². The number of nitrogens with one attached hydrogen (secondary N) is 1. The Balaban J connectivity index is 2.77. The summed E-state index contributed by atoms with van der Waals surface area (Å²) in [4.78, 5) is 10.8. The molecule has 0 bridgehead atoms. The molecule has 0 saturated heterocycles. The van der Waals surface area contributed by atoms with Gasteiger partial charge in [0, 0.05) is 6.54 Å². The van der Waals surface area contributed by atoms with Gasteiger partial charge in [-0.2, -0.15) is 0 Å². The second kappa shape index (κ2) is 7.61. The number of hydrogen-bond donors (Lipinski definition) is 2. The molecule has 0 spiro atoms. The summed E-state index contributed by atoms with van der Waals surface area (Å²) in [6.45, 7) is 2.42. The predicted octanol–water partition coefficient (Wildman–Crippen LogP) is 2.90. The molecule has 2 N–H and O–H groups in total. The summed E-state index contributed by atoms with van der Waals surface area (Å²) in [5, 5.41) is 8.94. The van der Waals surface area contributed by atoms with Crippen molar-refractivity contribution in [3.05, 3.63) is 28.8 Å². The fourth-order valence-electron chi connectivity index (χ4n) is 1.68. The Kier molecular flexibility index (Phi) is 6.45. The normalized spacial score (nSPS) is 11.5. The molecule has 0 amide bonds. The van der Waals surface area contributed by atoms with Crippen LogP contribution in [-0.4, -0.2) is 26.0 Å². The van der Waals surface area contributed by atoms with Crippen LogP contribution in [0.1, 0.15) is 43.0 Å². The number of unbranched alkanes of at least 4 members (excludes halogenated alkanes) is 3. The fraction of sp³-hybridized carbons (Fsp3) is 0.462. The van der Waals surface area contributed by atoms with Crippen LogP contribution in [0.2, 0.25) is 5.02 Å². The van der Waals surface area contributed by atoms with Crippen molar-refractivity contribution in [1.82, 2.24) is 4.72 Å². The summed E-state index contributed by atoms with van der Waals surface area (Å²) in [6.07, 6.45) is 3.85. The third kappa shape index (κ3) is 4.77. The van der Waals surface area contributed by atoms with Gasteiger partial charge in [0.2, 0.25) is 10.0 Å². The zero-order chi connectivity index (χ0) is 15.2. The molecule has 1 aromatic carbocycles. The minimum Gasteiger partial charge on any atom is -0.478 e. The van der Waals surface area contributed by atoms with Crippen molar-refractivity contribution in [3.8, 4) is 0 Å². The Bertz CT molecular complexity index is 572. The van der Waals surface area contributed by atoms with E-state index >= 15 is 0 Å². The van der Waals surface area contributed by atoms with Gasteiger partial charge in [-0.15, -0.1) is 0 Å². The van der Waals surface area contributed by atoms with Crippen molar-refractivity contribution >= 4 is 27.6 Å². The van der Waals surface area contributed by atoms with E-state index in [-0.39, 0.29) is 15.5 Å². The molecule has 0 aliphatic carbocycles. The van der Waals surface area contributed by atoms with Crippen molar-refractivity contribution in [3.63, 3.8) is 0 Å². The molecule has 0 radical (unpaired) electrons. The van der Waals surface area contributed by atoms with Crippen molar-refractivity contribution in [1.29, 1.82) is 0 Å². The third-order valence-electron chi connectivity index (χ3n) is 2.80. The zero-order valence-electron chi connectivity index (χ0n) is 11.2. The molecule has 5 nitrogen and oxygen atoms in total. The molecule has 0 unspecified atom stereocenters. The van der Waals surface area contributed by atoms with Gasteiger partial charge in [-0.25, -0.2) is 17.9 Å². The van der Waals surface area contributed by atoms with Crippen molar-refractivity contribution in [2.75, 3.05) is 6.54 Å². The van der Waals surface area contributed by atoms with E-state index < -0.39 is 16.0 Å². The van der Waals surface area contributed by atoms with E-state index in [1.807, 2.05) is 0 Å². The van der Waals surface area contributed by atoms with E-state index in [9.17, 15) is 13.2 Å². The van der Waals surface area contributed by atoms with Crippen LogP contribution in [0, 0.1) is 0 Å². The Morgan fingerprint density at radius 2 is 2.00 bits per heavy atom. The Labute approximate surface area is 124 Å². The molecule has 0 fully saturated rings. The van der Waals surface area contributed by atoms with Gasteiger partial charge in [0.1, 0.15) is 0 Å². The number of sulfonamides is 1. The van der Waals surface area contributed by atoms with Crippen LogP contribution < -0.4 is 4.72 Å². The van der Waals surface area contributed by atoms with Crippen molar-refractivity contribution in [2.45, 2.75) is 37.5 Å². The third-order valence-corrected chi connectivity index (χ3v) is 4.59. The highest BCUT2D eigenvalue weighted by molar-refractivity contribution is 7.89. The molecule has 0 heterocycles. The summed E-state index contributed by atoms with van der Waals surface area (Å²) < 4.78 is 26.5. The molecule has 0 atom stereocenters. The topological polar surface area (TPSA) is 83.5 Å². The monoisotopic (exact) mass is 319 g/mol. The van der Waals surface area contributed by atoms with Crippen LogP contribution in [0.3, 0.4) is 0 Å². The van der Waals surface area contributed by atoms with Crippen LogP contribution in [0.15, 0.2) is 23.1 Å². The largest absolute Gasteiger partial charge is 0.478 e. The SMILES string of the molecule is CCCCCCNS(=O)(=O)c1ccc(Cl)c(C(=O)O)c1. The highest BCUT2D eigenvalue weighted by Crippen LogP contribution is 2.20. The first-order valence-corrected chi connectivity index (χ1v) is 8.27. The maximum Gasteiger partial charge on any atom is 0.337 e. The fourth-order valence-corrected chi connectivity index (χ4v) is 2.98. The van der Waals surface area contributed by atoms with Crippen LogP contribution in [0.5, 0.6) is 0 Å². The van der Waals surface area contributed by atoms with Gasteiger partial charge in [0.25, 0.3) is 0 Å². The van der Waals surface area contributed by atoms with Gasteiger partial charge < -0.3 is 5.11 Å². The number of benzene rings is 1. The number of carboxylic acids is 1. The summed E-state index contributed by atoms with van der Waals surface area (Å²) in [6, 6.07) is 3.64. The lowest BCUT2D eigenvalue weighted by atomic mass is 10.2. The molecular weight excluding hydrogens is 302 g/mol. The van der Waals surface area contributed by atoms with E-state index in [4.69, 9.17) is 16.7 Å². The average Bonchev–Trinajstić information content (AvgIpc) is 2.38. The summed E-state index contributed by atoms with van der Waals surface area (Å²) >= 11 is 5.71. The van der Waals surface area contributed by atoms with E-state index in [0.717, 1.165) is 31.7 Å². The first kappa shape index (κ1) is 16.9. The Morgan fingerprint density at radius 3 is 2.60 bits per heavy atom. The molecule has 20 heavy (non-hydrogen) atoms. The maximum absolute atomic E-state index is 12.0. The number of rotatable bonds is 8. The molecule has 0 saturated carbocycles. The molecule has 0 aliphatic heterocycles. The summed E-state index contributed by atoms with van der Waals surface area (Å²) in [5.74, 6) is -1.25. The smallest absolute Gasteiger partial charge is 0.337 e. The Hall–Kier alpha value is -1.11. The van der Waals surface area contributed by atoms with Gasteiger partial charge in [-0.1, -0.05) is 37.8 Å². The predicted molar refractivity (Wildman–Crippen MR) is 77.7 cm³/mol. The molecule has 1 rings (SSSR count). The Morgan fingerprint density at radius 1 is 1.30 bits per heavy atom. The van der Waals surface area contributed by atoms with E-state index in [0.29, 0.717) is 6.54 Å². The van der Waals surface area contributed by atoms with Gasteiger partial charge in [-0.3, -0.25) is 0 Å². The van der Waals surface area contributed by atoms with Crippen LogP contribution in [0.4, 0.5) is 0 Å². The van der Waals surface area contributed by atoms with Crippen LogP contribution in [0.25, 0.3) is 0 Å². The number of aromatic carboxylic acids is 1. The number of carboxylic acid groups (broad SMARTS) is 1. The molecule has 7 heteroatoms. The zero-order valence-corrected chi connectivity index (χ0v) is 12.8. The summed E-state index contributed by atoms with van der Waals surface area (Å²) in [7, 11) is -3.69. The highest BCUT2D eigenvalue weighted by atomic mass is 35.5. The highest BCUT2D eigenvalue weighted by Gasteiger charge is 2.17. The molecule has 1 aromatic rings. The van der Waals surface area contributed by atoms with E-state index in [1.54, 1.807) is 0 Å². The first-order chi connectivity index (χ1) is 9.38. The van der Waals surface area contributed by atoms with Gasteiger partial charge >= 0.3 is 5.97 Å². The summed E-state index contributed by atoms with van der Waals surface area (Å²) in [5.41, 5.74) is -0.222. The molecule has 0 aliphatic rings. The van der Waals surface area contributed by atoms with Crippen molar-refractivity contribution < 1.29 is 18.3 Å². The molecular formula is C13H18ClNO4S. The molecule has 0 aromatic heterocycles. The lowest BCUT2D eigenvalue weighted by Crippen LogP contribution is -2.25. The van der Waals surface area contributed by atoms with Gasteiger partial charge in [0.05, 0.1) is 15.5 Å². The first-order valence-electron chi connectivity index (χ1n) is 6.41. The minimum absolute atomic E-state index is 0.0133. The second-order valence-corrected chi connectivity index (χ2v) is 6.58. The van der Waals surface area contributed by atoms with Gasteiger partial charge in [-0.05, 0) is 24.6 Å². The van der Waals surface area contributed by atoms with Gasteiger partial charge in [0.15, 0.2) is 0 Å².